The first-order valence-corrected chi connectivity index (χ1v) is 6.84. The van der Waals surface area contributed by atoms with Crippen molar-refractivity contribution < 1.29 is 4.74 Å². The molecule has 0 aliphatic carbocycles. The van der Waals surface area contributed by atoms with Gasteiger partial charge in [-0.3, -0.25) is 0 Å². The van der Waals surface area contributed by atoms with E-state index in [-0.39, 0.29) is 0 Å². The molecule has 1 aliphatic heterocycles. The number of benzene rings is 1. The molecular weight excluding hydrogens is 269 g/mol. The molecule has 1 aromatic carbocycles. The summed E-state index contributed by atoms with van der Waals surface area (Å²) < 4.78 is 5.44. The van der Waals surface area contributed by atoms with Crippen molar-refractivity contribution >= 4 is 29.3 Å². The van der Waals surface area contributed by atoms with Crippen LogP contribution in [0.25, 0.3) is 6.08 Å². The van der Waals surface area contributed by atoms with Gasteiger partial charge in [-0.05, 0) is 25.0 Å². The fourth-order valence-corrected chi connectivity index (χ4v) is 2.46. The van der Waals surface area contributed by atoms with Gasteiger partial charge < -0.3 is 10.1 Å². The number of hydrogen-bond acceptors (Lipinski definition) is 2. The van der Waals surface area contributed by atoms with E-state index in [0.29, 0.717) is 16.1 Å². The zero-order valence-corrected chi connectivity index (χ0v) is 11.9. The third-order valence-electron chi connectivity index (χ3n) is 2.95. The van der Waals surface area contributed by atoms with E-state index in [0.717, 1.165) is 31.7 Å². The lowest BCUT2D eigenvalue weighted by molar-refractivity contribution is 0.0771. The van der Waals surface area contributed by atoms with Gasteiger partial charge in [0.15, 0.2) is 0 Å². The summed E-state index contributed by atoms with van der Waals surface area (Å²) in [5.74, 6) is 0. The number of halogens is 2. The van der Waals surface area contributed by atoms with Crippen LogP contribution >= 0.6 is 23.2 Å². The summed E-state index contributed by atoms with van der Waals surface area (Å²) in [7, 11) is 0. The van der Waals surface area contributed by atoms with Crippen LogP contribution in [0.3, 0.4) is 0 Å². The Morgan fingerprint density at radius 2 is 2.33 bits per heavy atom. The summed E-state index contributed by atoms with van der Waals surface area (Å²) in [6.07, 6.45) is 3.05. The molecule has 0 spiro atoms. The molecule has 1 saturated heterocycles. The van der Waals surface area contributed by atoms with Crippen molar-refractivity contribution in [1.82, 2.24) is 5.32 Å². The molecule has 4 heteroatoms. The van der Waals surface area contributed by atoms with Crippen molar-refractivity contribution in [1.29, 1.82) is 0 Å². The third kappa shape index (κ3) is 3.72. The quantitative estimate of drug-likeness (QED) is 0.913. The van der Waals surface area contributed by atoms with Crippen LogP contribution in [0.1, 0.15) is 18.9 Å². The van der Waals surface area contributed by atoms with Crippen LogP contribution in [0.4, 0.5) is 0 Å². The SMILES string of the molecule is C/C(=C/c1cccc(Cl)c1Cl)CC1COCCN1. The molecule has 1 atom stereocenters. The average molecular weight is 286 g/mol. The Morgan fingerprint density at radius 1 is 1.50 bits per heavy atom. The maximum atomic E-state index is 6.16. The lowest BCUT2D eigenvalue weighted by Crippen LogP contribution is -2.41. The monoisotopic (exact) mass is 285 g/mol. The highest BCUT2D eigenvalue weighted by atomic mass is 35.5. The minimum atomic E-state index is 0.396. The number of nitrogens with one attached hydrogen (secondary N) is 1. The van der Waals surface area contributed by atoms with E-state index in [4.69, 9.17) is 27.9 Å². The number of rotatable bonds is 3. The summed E-state index contributed by atoms with van der Waals surface area (Å²) in [5.41, 5.74) is 2.24. The van der Waals surface area contributed by atoms with E-state index in [1.165, 1.54) is 5.57 Å². The Hall–Kier alpha value is -0.540. The number of morpholine rings is 1. The van der Waals surface area contributed by atoms with Gasteiger partial charge >= 0.3 is 0 Å². The minimum Gasteiger partial charge on any atom is -0.379 e. The van der Waals surface area contributed by atoms with Gasteiger partial charge in [0.25, 0.3) is 0 Å². The molecule has 1 aromatic rings. The fraction of sp³-hybridized carbons (Fsp3) is 0.429. The molecule has 1 fully saturated rings. The first-order valence-electron chi connectivity index (χ1n) is 6.09. The molecule has 0 aromatic heterocycles. The van der Waals surface area contributed by atoms with Gasteiger partial charge in [-0.25, -0.2) is 0 Å². The molecule has 2 nitrogen and oxygen atoms in total. The Balaban J connectivity index is 2.05. The number of ether oxygens (including phenoxy) is 1. The van der Waals surface area contributed by atoms with Gasteiger partial charge in [0, 0.05) is 12.6 Å². The fourth-order valence-electron chi connectivity index (χ4n) is 2.10. The lowest BCUT2D eigenvalue weighted by Gasteiger charge is -2.24. The second-order valence-corrected chi connectivity index (χ2v) is 5.35. The van der Waals surface area contributed by atoms with Gasteiger partial charge in [0.1, 0.15) is 0 Å². The molecule has 98 valence electrons. The molecule has 18 heavy (non-hydrogen) atoms. The highest BCUT2D eigenvalue weighted by Crippen LogP contribution is 2.27. The maximum Gasteiger partial charge on any atom is 0.0664 e. The zero-order valence-electron chi connectivity index (χ0n) is 10.4. The van der Waals surface area contributed by atoms with Crippen molar-refractivity contribution in [3.8, 4) is 0 Å². The Labute approximate surface area is 118 Å². The molecule has 1 aliphatic rings. The third-order valence-corrected chi connectivity index (χ3v) is 3.78. The van der Waals surface area contributed by atoms with E-state index < -0.39 is 0 Å². The Morgan fingerprint density at radius 3 is 3.06 bits per heavy atom. The predicted molar refractivity (Wildman–Crippen MR) is 77.3 cm³/mol. The average Bonchev–Trinajstić information content (AvgIpc) is 2.36. The van der Waals surface area contributed by atoms with E-state index in [9.17, 15) is 0 Å². The summed E-state index contributed by atoms with van der Waals surface area (Å²) >= 11 is 12.2. The summed E-state index contributed by atoms with van der Waals surface area (Å²) in [6.45, 7) is 4.61. The highest BCUT2D eigenvalue weighted by Gasteiger charge is 2.13. The van der Waals surface area contributed by atoms with Crippen molar-refractivity contribution in [2.75, 3.05) is 19.8 Å². The predicted octanol–water partition coefficient (Wildman–Crippen LogP) is 3.78. The molecule has 0 saturated carbocycles. The number of hydrogen-bond donors (Lipinski definition) is 1. The first-order chi connectivity index (χ1) is 8.66. The first kappa shape index (κ1) is 13.9. The summed E-state index contributed by atoms with van der Waals surface area (Å²) in [4.78, 5) is 0. The van der Waals surface area contributed by atoms with Crippen LogP contribution in [0.5, 0.6) is 0 Å². The molecule has 1 N–H and O–H groups in total. The van der Waals surface area contributed by atoms with Crippen LogP contribution in [-0.4, -0.2) is 25.8 Å². The van der Waals surface area contributed by atoms with Crippen LogP contribution in [0.15, 0.2) is 23.8 Å². The van der Waals surface area contributed by atoms with Crippen molar-refractivity contribution in [3.05, 3.63) is 39.4 Å². The standard InChI is InChI=1S/C14H17Cl2NO/c1-10(8-12-9-18-6-5-17-12)7-11-3-2-4-13(15)14(11)16/h2-4,7,12,17H,5-6,8-9H2,1H3/b10-7-. The molecular formula is C14H17Cl2NO. The topological polar surface area (TPSA) is 21.3 Å². The molecule has 1 unspecified atom stereocenters. The second-order valence-electron chi connectivity index (χ2n) is 4.56. The van der Waals surface area contributed by atoms with Crippen LogP contribution in [0, 0.1) is 0 Å². The van der Waals surface area contributed by atoms with Crippen LogP contribution in [-0.2, 0) is 4.74 Å². The molecule has 2 rings (SSSR count). The molecule has 0 amide bonds. The molecule has 1 heterocycles. The van der Waals surface area contributed by atoms with Gasteiger partial charge in [-0.2, -0.15) is 0 Å². The van der Waals surface area contributed by atoms with Crippen LogP contribution < -0.4 is 5.32 Å². The Bertz CT molecular complexity index is 439. The normalized spacial score (nSPS) is 21.1. The van der Waals surface area contributed by atoms with E-state index in [1.54, 1.807) is 6.07 Å². The van der Waals surface area contributed by atoms with E-state index in [2.05, 4.69) is 18.3 Å². The van der Waals surface area contributed by atoms with Crippen molar-refractivity contribution in [2.45, 2.75) is 19.4 Å². The van der Waals surface area contributed by atoms with Gasteiger partial charge in [-0.15, -0.1) is 0 Å². The minimum absolute atomic E-state index is 0.396. The zero-order chi connectivity index (χ0) is 13.0. The van der Waals surface area contributed by atoms with Crippen LogP contribution in [0.2, 0.25) is 10.0 Å². The molecule has 0 radical (unpaired) electrons. The van der Waals surface area contributed by atoms with Crippen molar-refractivity contribution in [2.24, 2.45) is 0 Å². The largest absolute Gasteiger partial charge is 0.379 e. The van der Waals surface area contributed by atoms with E-state index in [1.807, 2.05) is 12.1 Å². The lowest BCUT2D eigenvalue weighted by atomic mass is 10.0. The molecule has 0 bridgehead atoms. The summed E-state index contributed by atoms with van der Waals surface area (Å²) in [6, 6.07) is 6.08. The summed E-state index contributed by atoms with van der Waals surface area (Å²) in [5, 5.41) is 4.65. The highest BCUT2D eigenvalue weighted by molar-refractivity contribution is 6.42. The van der Waals surface area contributed by atoms with E-state index >= 15 is 0 Å². The van der Waals surface area contributed by atoms with Gasteiger partial charge in [0.2, 0.25) is 0 Å². The Kier molecular flexibility index (Phi) is 5.07. The van der Waals surface area contributed by atoms with Gasteiger partial charge in [0.05, 0.1) is 23.3 Å². The smallest absolute Gasteiger partial charge is 0.0664 e. The van der Waals surface area contributed by atoms with Gasteiger partial charge in [-0.1, -0.05) is 47.0 Å². The van der Waals surface area contributed by atoms with Crippen molar-refractivity contribution in [3.63, 3.8) is 0 Å². The maximum absolute atomic E-state index is 6.16. The second kappa shape index (κ2) is 6.58.